The van der Waals surface area contributed by atoms with Crippen LogP contribution in [0.4, 0.5) is 0 Å². The smallest absolute Gasteiger partial charge is 0.269 e. The molecule has 0 bridgehead atoms. The minimum Gasteiger partial charge on any atom is -0.348 e. The van der Waals surface area contributed by atoms with Gasteiger partial charge < -0.3 is 9.88 Å². The van der Waals surface area contributed by atoms with Crippen LogP contribution >= 0.6 is 0 Å². The van der Waals surface area contributed by atoms with E-state index in [0.29, 0.717) is 5.69 Å². The fourth-order valence-corrected chi connectivity index (χ4v) is 3.72. The minimum atomic E-state index is -0.0608. The lowest BCUT2D eigenvalue weighted by atomic mass is 10.1. The number of carbonyl (C=O) groups is 1. The van der Waals surface area contributed by atoms with Crippen LogP contribution in [-0.4, -0.2) is 41.5 Å². The first-order chi connectivity index (χ1) is 13.7. The van der Waals surface area contributed by atoms with Crippen LogP contribution in [0, 0.1) is 0 Å². The monoisotopic (exact) mass is 379 g/mol. The highest BCUT2D eigenvalue weighted by molar-refractivity contribution is 5.92. The van der Waals surface area contributed by atoms with Crippen LogP contribution in [0.2, 0.25) is 0 Å². The average molecular weight is 379 g/mol. The summed E-state index contributed by atoms with van der Waals surface area (Å²) in [7, 11) is 1.82. The zero-order valence-corrected chi connectivity index (χ0v) is 16.3. The lowest BCUT2D eigenvalue weighted by molar-refractivity contribution is 0.0923. The summed E-state index contributed by atoms with van der Waals surface area (Å²) < 4.78 is 3.83. The summed E-state index contributed by atoms with van der Waals surface area (Å²) in [6.07, 6.45) is 7.90. The quantitative estimate of drug-likeness (QED) is 0.734. The zero-order valence-electron chi connectivity index (χ0n) is 16.3. The van der Waals surface area contributed by atoms with E-state index in [1.165, 1.54) is 0 Å². The Morgan fingerprint density at radius 3 is 2.86 bits per heavy atom. The second kappa shape index (κ2) is 7.92. The molecule has 1 aliphatic rings. The largest absolute Gasteiger partial charge is 0.348 e. The molecule has 1 N–H and O–H groups in total. The molecule has 1 aliphatic heterocycles. The Morgan fingerprint density at radius 1 is 1.25 bits per heavy atom. The van der Waals surface area contributed by atoms with E-state index in [1.54, 1.807) is 17.1 Å². The summed E-state index contributed by atoms with van der Waals surface area (Å²) in [4.78, 5) is 16.8. The molecule has 4 rings (SSSR count). The molecule has 0 saturated heterocycles. The number of pyridine rings is 1. The van der Waals surface area contributed by atoms with Crippen molar-refractivity contribution in [3.8, 4) is 11.4 Å². The van der Waals surface area contributed by atoms with Gasteiger partial charge in [-0.15, -0.1) is 10.2 Å². The Labute approximate surface area is 164 Å². The molecular formula is C20H25N7O. The number of rotatable bonds is 5. The molecular weight excluding hydrogens is 354 g/mol. The second-order valence-corrected chi connectivity index (χ2v) is 7.22. The topological polar surface area (TPSA) is 90.5 Å². The highest BCUT2D eigenvalue weighted by Crippen LogP contribution is 2.22. The Bertz CT molecular complexity index is 960. The molecule has 4 heterocycles. The summed E-state index contributed by atoms with van der Waals surface area (Å²) in [5, 5.41) is 16.3. The molecule has 28 heavy (non-hydrogen) atoms. The number of amides is 1. The van der Waals surface area contributed by atoms with Gasteiger partial charge in [-0.25, -0.2) is 0 Å². The van der Waals surface area contributed by atoms with E-state index in [-0.39, 0.29) is 11.9 Å². The maximum atomic E-state index is 12.7. The summed E-state index contributed by atoms with van der Waals surface area (Å²) in [6.45, 7) is 2.88. The lowest BCUT2D eigenvalue weighted by Gasteiger charge is -2.16. The van der Waals surface area contributed by atoms with Crippen LogP contribution in [0.15, 0.2) is 30.6 Å². The van der Waals surface area contributed by atoms with Crippen molar-refractivity contribution in [2.75, 3.05) is 0 Å². The van der Waals surface area contributed by atoms with E-state index in [9.17, 15) is 4.79 Å². The van der Waals surface area contributed by atoms with Crippen molar-refractivity contribution in [1.82, 2.24) is 34.8 Å². The van der Waals surface area contributed by atoms with Crippen LogP contribution in [0.25, 0.3) is 11.4 Å². The van der Waals surface area contributed by atoms with Gasteiger partial charge in [0.25, 0.3) is 5.91 Å². The molecule has 3 aromatic heterocycles. The van der Waals surface area contributed by atoms with Crippen LogP contribution < -0.4 is 5.32 Å². The van der Waals surface area contributed by atoms with Gasteiger partial charge in [-0.05, 0) is 37.5 Å². The number of aryl methyl sites for hydroxylation is 3. The van der Waals surface area contributed by atoms with Gasteiger partial charge >= 0.3 is 0 Å². The zero-order chi connectivity index (χ0) is 19.5. The SMILES string of the molecule is CCCc1cc(C(=O)NC2CCc3nnc(-c4ccncc4)n3CC2)n(C)n1. The van der Waals surface area contributed by atoms with E-state index in [2.05, 4.69) is 37.1 Å². The van der Waals surface area contributed by atoms with Crippen molar-refractivity contribution in [1.29, 1.82) is 0 Å². The van der Waals surface area contributed by atoms with Crippen molar-refractivity contribution >= 4 is 5.91 Å². The molecule has 1 unspecified atom stereocenters. The summed E-state index contributed by atoms with van der Waals surface area (Å²) >= 11 is 0. The van der Waals surface area contributed by atoms with Gasteiger partial charge in [0.15, 0.2) is 5.82 Å². The minimum absolute atomic E-state index is 0.0608. The molecule has 8 nitrogen and oxygen atoms in total. The molecule has 1 amide bonds. The Kier molecular flexibility index (Phi) is 5.18. The number of fused-ring (bicyclic) bond motifs is 1. The molecule has 0 aliphatic carbocycles. The number of carbonyl (C=O) groups excluding carboxylic acids is 1. The van der Waals surface area contributed by atoms with Gasteiger partial charge in [0.05, 0.1) is 5.69 Å². The first-order valence-corrected chi connectivity index (χ1v) is 9.82. The van der Waals surface area contributed by atoms with Gasteiger partial charge in [-0.2, -0.15) is 5.10 Å². The molecule has 0 radical (unpaired) electrons. The fourth-order valence-electron chi connectivity index (χ4n) is 3.72. The van der Waals surface area contributed by atoms with Crippen LogP contribution in [0.1, 0.15) is 48.2 Å². The summed E-state index contributed by atoms with van der Waals surface area (Å²) in [5.41, 5.74) is 2.59. The Balaban J connectivity index is 1.45. The average Bonchev–Trinajstić information content (AvgIpc) is 3.22. The van der Waals surface area contributed by atoms with Crippen molar-refractivity contribution in [3.05, 3.63) is 47.8 Å². The van der Waals surface area contributed by atoms with Gasteiger partial charge in [-0.3, -0.25) is 14.5 Å². The number of nitrogens with one attached hydrogen (secondary N) is 1. The third kappa shape index (κ3) is 3.67. The highest BCUT2D eigenvalue weighted by Gasteiger charge is 2.23. The molecule has 0 spiro atoms. The van der Waals surface area contributed by atoms with E-state index < -0.39 is 0 Å². The second-order valence-electron chi connectivity index (χ2n) is 7.22. The molecule has 0 aromatic carbocycles. The van der Waals surface area contributed by atoms with E-state index >= 15 is 0 Å². The maximum Gasteiger partial charge on any atom is 0.269 e. The number of hydrogen-bond acceptors (Lipinski definition) is 5. The van der Waals surface area contributed by atoms with E-state index in [1.807, 2.05) is 25.2 Å². The predicted molar refractivity (Wildman–Crippen MR) is 105 cm³/mol. The maximum absolute atomic E-state index is 12.7. The van der Waals surface area contributed by atoms with Crippen LogP contribution in [0.3, 0.4) is 0 Å². The third-order valence-corrected chi connectivity index (χ3v) is 5.19. The fraction of sp³-hybridized carbons (Fsp3) is 0.450. The van der Waals surface area contributed by atoms with Gasteiger partial charge in [0.2, 0.25) is 0 Å². The summed E-state index contributed by atoms with van der Waals surface area (Å²) in [6, 6.07) is 5.88. The van der Waals surface area contributed by atoms with Crippen molar-refractivity contribution in [2.45, 2.75) is 51.6 Å². The van der Waals surface area contributed by atoms with E-state index in [0.717, 1.165) is 61.6 Å². The Morgan fingerprint density at radius 2 is 2.07 bits per heavy atom. The van der Waals surface area contributed by atoms with E-state index in [4.69, 9.17) is 0 Å². The van der Waals surface area contributed by atoms with Crippen LogP contribution in [0.5, 0.6) is 0 Å². The Hall–Kier alpha value is -3.03. The molecule has 0 saturated carbocycles. The molecule has 8 heteroatoms. The van der Waals surface area contributed by atoms with Crippen molar-refractivity contribution < 1.29 is 4.79 Å². The lowest BCUT2D eigenvalue weighted by Crippen LogP contribution is -2.36. The molecule has 3 aromatic rings. The highest BCUT2D eigenvalue weighted by atomic mass is 16.2. The molecule has 0 fully saturated rings. The predicted octanol–water partition coefficient (Wildman–Crippen LogP) is 2.16. The number of hydrogen-bond donors (Lipinski definition) is 1. The van der Waals surface area contributed by atoms with Crippen molar-refractivity contribution in [3.63, 3.8) is 0 Å². The standard InChI is InChI=1S/C20H25N7O/c1-3-4-16-13-17(26(2)25-16)20(28)22-15-5-6-18-23-24-19(27(18)12-9-15)14-7-10-21-11-8-14/h7-8,10-11,13,15H,3-6,9,12H2,1-2H3,(H,22,28). The molecule has 1 atom stereocenters. The normalized spacial score (nSPS) is 16.4. The first-order valence-electron chi connectivity index (χ1n) is 9.82. The summed E-state index contributed by atoms with van der Waals surface area (Å²) in [5.74, 6) is 1.77. The first kappa shape index (κ1) is 18.3. The number of nitrogens with zero attached hydrogens (tertiary/aromatic N) is 6. The molecule has 146 valence electrons. The number of aromatic nitrogens is 6. The van der Waals surface area contributed by atoms with Gasteiger partial charge in [0, 0.05) is 44.0 Å². The van der Waals surface area contributed by atoms with Crippen LogP contribution in [-0.2, 0) is 26.4 Å². The van der Waals surface area contributed by atoms with Gasteiger partial charge in [0.1, 0.15) is 11.5 Å². The van der Waals surface area contributed by atoms with Gasteiger partial charge in [-0.1, -0.05) is 13.3 Å². The van der Waals surface area contributed by atoms with Crippen molar-refractivity contribution in [2.24, 2.45) is 7.05 Å². The third-order valence-electron chi connectivity index (χ3n) is 5.19.